The molecular weight excluding hydrogens is 482 g/mol. The van der Waals surface area contributed by atoms with E-state index in [1.807, 2.05) is 72.8 Å². The summed E-state index contributed by atoms with van der Waals surface area (Å²) < 4.78 is 11.4. The van der Waals surface area contributed by atoms with Gasteiger partial charge in [0.2, 0.25) is 0 Å². The number of aromatic nitrogens is 2. The van der Waals surface area contributed by atoms with Gasteiger partial charge in [0.05, 0.1) is 5.69 Å². The van der Waals surface area contributed by atoms with Crippen LogP contribution in [0.3, 0.4) is 0 Å². The highest BCUT2D eigenvalue weighted by Gasteiger charge is 2.16. The Hall–Kier alpha value is -4.36. The number of hydrogen-bond acceptors (Lipinski definition) is 6. The fourth-order valence-corrected chi connectivity index (χ4v) is 4.65. The molecule has 1 N–H and O–H groups in total. The van der Waals surface area contributed by atoms with Crippen molar-refractivity contribution in [1.29, 1.82) is 0 Å². The van der Waals surface area contributed by atoms with Gasteiger partial charge < -0.3 is 14.6 Å². The third kappa shape index (κ3) is 6.26. The monoisotopic (exact) mass is 507 g/mol. The van der Waals surface area contributed by atoms with Gasteiger partial charge in [-0.2, -0.15) is 0 Å². The van der Waals surface area contributed by atoms with Gasteiger partial charge in [0.1, 0.15) is 12.4 Å². The van der Waals surface area contributed by atoms with E-state index in [1.165, 1.54) is 5.56 Å². The average molecular weight is 508 g/mol. The molecule has 0 aliphatic carbocycles. The van der Waals surface area contributed by atoms with Gasteiger partial charge in [0.25, 0.3) is 5.91 Å². The molecule has 3 aromatic carbocycles. The molecule has 6 nitrogen and oxygen atoms in total. The highest BCUT2D eigenvalue weighted by atomic mass is 32.2. The molecule has 184 valence electrons. The minimum atomic E-state index is -0.329. The summed E-state index contributed by atoms with van der Waals surface area (Å²) in [4.78, 5) is 17.9. The van der Waals surface area contributed by atoms with Crippen molar-refractivity contribution in [1.82, 2.24) is 10.1 Å². The zero-order valence-electron chi connectivity index (χ0n) is 20.3. The van der Waals surface area contributed by atoms with Gasteiger partial charge in [-0.05, 0) is 72.1 Å². The minimum Gasteiger partial charge on any atom is -0.489 e. The number of thioether (sulfide) groups is 1. The van der Waals surface area contributed by atoms with Gasteiger partial charge in [0.15, 0.2) is 11.5 Å². The van der Waals surface area contributed by atoms with E-state index in [9.17, 15) is 4.79 Å². The van der Waals surface area contributed by atoms with E-state index < -0.39 is 0 Å². The van der Waals surface area contributed by atoms with Gasteiger partial charge in [-0.25, -0.2) is 0 Å². The first kappa shape index (κ1) is 24.3. The number of benzene rings is 3. The molecule has 0 saturated carbocycles. The topological polar surface area (TPSA) is 77.2 Å². The lowest BCUT2D eigenvalue weighted by Crippen LogP contribution is -2.12. The van der Waals surface area contributed by atoms with Gasteiger partial charge in [-0.1, -0.05) is 41.6 Å². The van der Waals surface area contributed by atoms with E-state index in [-0.39, 0.29) is 11.6 Å². The van der Waals surface area contributed by atoms with Gasteiger partial charge in [-0.3, -0.25) is 9.78 Å². The van der Waals surface area contributed by atoms with E-state index in [0.717, 1.165) is 38.8 Å². The van der Waals surface area contributed by atoms with Crippen LogP contribution in [0.5, 0.6) is 5.75 Å². The number of nitrogens with zero attached hydrogens (tertiary/aromatic N) is 2. The van der Waals surface area contributed by atoms with Gasteiger partial charge in [0, 0.05) is 34.7 Å². The number of hydrogen-bond donors (Lipinski definition) is 1. The third-order valence-corrected chi connectivity index (χ3v) is 6.96. The van der Waals surface area contributed by atoms with Crippen LogP contribution < -0.4 is 10.1 Å². The Bertz CT molecular complexity index is 1480. The first-order valence-electron chi connectivity index (χ1n) is 11.8. The number of carbonyl (C=O) groups is 1. The molecule has 1 amide bonds. The van der Waals surface area contributed by atoms with Crippen LogP contribution in [0, 0.1) is 6.92 Å². The molecule has 0 atom stereocenters. The van der Waals surface area contributed by atoms with E-state index in [0.29, 0.717) is 12.4 Å². The number of carbonyl (C=O) groups excluding carboxylic acids is 1. The van der Waals surface area contributed by atoms with Crippen molar-refractivity contribution in [2.24, 2.45) is 0 Å². The summed E-state index contributed by atoms with van der Waals surface area (Å²) in [5, 5.41) is 6.95. The van der Waals surface area contributed by atoms with Crippen molar-refractivity contribution in [2.45, 2.75) is 24.2 Å². The van der Waals surface area contributed by atoms with Crippen molar-refractivity contribution < 1.29 is 14.1 Å². The Kier molecular flexibility index (Phi) is 7.62. The molecule has 0 radical (unpaired) electrons. The Morgan fingerprint density at radius 2 is 1.70 bits per heavy atom. The minimum absolute atomic E-state index is 0.212. The maximum Gasteiger partial charge on any atom is 0.277 e. The molecule has 7 heteroatoms. The molecule has 0 aliphatic rings. The summed E-state index contributed by atoms with van der Waals surface area (Å²) in [6, 6.07) is 29.0. The Balaban J connectivity index is 1.21. The number of pyridine rings is 1. The molecule has 0 unspecified atom stereocenters. The van der Waals surface area contributed by atoms with Gasteiger partial charge >= 0.3 is 0 Å². The van der Waals surface area contributed by atoms with E-state index >= 15 is 0 Å². The number of para-hydroxylation sites is 1. The van der Waals surface area contributed by atoms with Crippen LogP contribution in [0.2, 0.25) is 0 Å². The predicted molar refractivity (Wildman–Crippen MR) is 146 cm³/mol. The molecule has 0 aliphatic heterocycles. The second-order valence-corrected chi connectivity index (χ2v) is 9.43. The standard InChI is InChI=1S/C30H25N3O3S/c1-21-6-2-3-7-24(21)19-35-25-12-10-23(11-13-25)28-18-27(33-36-28)30(34)32-26-8-4-5-9-29(26)37-20-22-14-16-31-17-15-22/h2-18H,19-20H2,1H3,(H,32,34). The first-order valence-corrected chi connectivity index (χ1v) is 12.8. The number of anilines is 1. The van der Waals surface area contributed by atoms with Crippen LogP contribution in [-0.4, -0.2) is 16.0 Å². The summed E-state index contributed by atoms with van der Waals surface area (Å²) in [7, 11) is 0. The largest absolute Gasteiger partial charge is 0.489 e. The lowest BCUT2D eigenvalue weighted by molar-refractivity contribution is 0.101. The maximum absolute atomic E-state index is 12.9. The summed E-state index contributed by atoms with van der Waals surface area (Å²) in [5.41, 5.74) is 5.25. The van der Waals surface area contributed by atoms with Crippen molar-refractivity contribution in [3.63, 3.8) is 0 Å². The zero-order valence-corrected chi connectivity index (χ0v) is 21.1. The summed E-state index contributed by atoms with van der Waals surface area (Å²) >= 11 is 1.65. The molecule has 5 aromatic rings. The molecule has 5 rings (SSSR count). The highest BCUT2D eigenvalue weighted by molar-refractivity contribution is 7.98. The molecule has 0 saturated heterocycles. The quantitative estimate of drug-likeness (QED) is 0.213. The molecule has 0 spiro atoms. The highest BCUT2D eigenvalue weighted by Crippen LogP contribution is 2.30. The fraction of sp³-hybridized carbons (Fsp3) is 0.100. The smallest absolute Gasteiger partial charge is 0.277 e. The number of aryl methyl sites for hydroxylation is 1. The average Bonchev–Trinajstić information content (AvgIpc) is 3.44. The number of amides is 1. The predicted octanol–water partition coefficient (Wildman–Crippen LogP) is 7.17. The first-order chi connectivity index (χ1) is 18.2. The Morgan fingerprint density at radius 1 is 0.946 bits per heavy atom. The number of nitrogens with one attached hydrogen (secondary N) is 1. The van der Waals surface area contributed by atoms with Crippen molar-refractivity contribution in [3.05, 3.63) is 126 Å². The van der Waals surface area contributed by atoms with Crippen LogP contribution in [0.15, 0.2) is 113 Å². The summed E-state index contributed by atoms with van der Waals surface area (Å²) in [5.74, 6) is 1.71. The van der Waals surface area contributed by atoms with Crippen LogP contribution in [0.1, 0.15) is 27.2 Å². The zero-order chi connectivity index (χ0) is 25.5. The van der Waals surface area contributed by atoms with Crippen LogP contribution in [0.4, 0.5) is 5.69 Å². The SMILES string of the molecule is Cc1ccccc1COc1ccc(-c2cc(C(=O)Nc3ccccc3SCc3ccncc3)no2)cc1. The third-order valence-electron chi connectivity index (χ3n) is 5.82. The van der Waals surface area contributed by atoms with Crippen LogP contribution >= 0.6 is 11.8 Å². The van der Waals surface area contributed by atoms with Crippen molar-refractivity contribution in [3.8, 4) is 17.1 Å². The van der Waals surface area contributed by atoms with E-state index in [2.05, 4.69) is 34.5 Å². The molecule has 0 bridgehead atoms. The maximum atomic E-state index is 12.9. The van der Waals surface area contributed by atoms with Crippen LogP contribution in [0.25, 0.3) is 11.3 Å². The van der Waals surface area contributed by atoms with Crippen molar-refractivity contribution >= 4 is 23.4 Å². The van der Waals surface area contributed by atoms with Crippen LogP contribution in [-0.2, 0) is 12.4 Å². The fourth-order valence-electron chi connectivity index (χ4n) is 3.69. The summed E-state index contributed by atoms with van der Waals surface area (Å²) in [6.45, 7) is 2.57. The second-order valence-electron chi connectivity index (χ2n) is 8.41. The normalized spacial score (nSPS) is 10.7. The number of rotatable bonds is 9. The lowest BCUT2D eigenvalue weighted by Gasteiger charge is -2.09. The molecular formula is C30H25N3O3S. The Morgan fingerprint density at radius 3 is 2.51 bits per heavy atom. The van der Waals surface area contributed by atoms with Gasteiger partial charge in [-0.15, -0.1) is 11.8 Å². The second kappa shape index (κ2) is 11.6. The molecule has 2 aromatic heterocycles. The Labute approximate surface area is 219 Å². The molecule has 0 fully saturated rings. The molecule has 37 heavy (non-hydrogen) atoms. The van der Waals surface area contributed by atoms with Crippen molar-refractivity contribution in [2.75, 3.05) is 5.32 Å². The van der Waals surface area contributed by atoms with E-state index in [4.69, 9.17) is 9.26 Å². The van der Waals surface area contributed by atoms with E-state index in [1.54, 1.807) is 30.2 Å². The number of ether oxygens (including phenoxy) is 1. The lowest BCUT2D eigenvalue weighted by atomic mass is 10.1. The molecule has 2 heterocycles. The summed E-state index contributed by atoms with van der Waals surface area (Å²) in [6.07, 6.45) is 3.55.